The van der Waals surface area contributed by atoms with Crippen LogP contribution in [0.25, 0.3) is 10.9 Å². The Morgan fingerprint density at radius 1 is 1.12 bits per heavy atom. The molecule has 1 aliphatic heterocycles. The highest BCUT2D eigenvalue weighted by Crippen LogP contribution is 2.20. The van der Waals surface area contributed by atoms with Gasteiger partial charge in [-0.1, -0.05) is 18.2 Å². The Bertz CT molecular complexity index is 927. The molecule has 4 rings (SSSR count). The first kappa shape index (κ1) is 16.5. The Balaban J connectivity index is 1.41. The van der Waals surface area contributed by atoms with Crippen LogP contribution in [0, 0.1) is 0 Å². The Morgan fingerprint density at radius 3 is 2.58 bits per heavy atom. The predicted octanol–water partition coefficient (Wildman–Crippen LogP) is 1.99. The predicted molar refractivity (Wildman–Crippen MR) is 99.4 cm³/mol. The second-order valence-electron chi connectivity index (χ2n) is 6.56. The van der Waals surface area contributed by atoms with Gasteiger partial charge in [0, 0.05) is 51.4 Å². The van der Waals surface area contributed by atoms with Crippen molar-refractivity contribution in [3.05, 3.63) is 53.9 Å². The van der Waals surface area contributed by atoms with Crippen molar-refractivity contribution in [1.29, 1.82) is 0 Å². The molecule has 1 aliphatic rings. The maximum absolute atomic E-state index is 10.9. The van der Waals surface area contributed by atoms with E-state index in [-0.39, 0.29) is 5.56 Å². The number of rotatable bonds is 4. The van der Waals surface area contributed by atoms with E-state index in [0.29, 0.717) is 0 Å². The van der Waals surface area contributed by atoms with Gasteiger partial charge in [-0.25, -0.2) is 9.78 Å². The van der Waals surface area contributed by atoms with Crippen LogP contribution in [-0.2, 0) is 13.6 Å². The summed E-state index contributed by atoms with van der Waals surface area (Å²) < 4.78 is 1.94. The first-order valence-corrected chi connectivity index (χ1v) is 8.69. The summed E-state index contributed by atoms with van der Waals surface area (Å²) in [6.45, 7) is 4.41. The lowest BCUT2D eigenvalue weighted by atomic mass is 10.2. The van der Waals surface area contributed by atoms with E-state index in [1.54, 1.807) is 12.1 Å². The third-order valence-corrected chi connectivity index (χ3v) is 4.90. The minimum atomic E-state index is -0.948. The number of aryl methyl sites for hydroxylation is 1. The quantitative estimate of drug-likeness (QED) is 0.775. The molecule has 0 unspecified atom stereocenters. The molecule has 0 amide bonds. The van der Waals surface area contributed by atoms with Crippen LogP contribution in [0.4, 0.5) is 5.82 Å². The molecule has 1 N–H and O–H groups in total. The van der Waals surface area contributed by atoms with Crippen molar-refractivity contribution in [3.63, 3.8) is 0 Å². The van der Waals surface area contributed by atoms with Crippen LogP contribution in [0.5, 0.6) is 0 Å². The summed E-state index contributed by atoms with van der Waals surface area (Å²) in [6.07, 6.45) is 1.42. The van der Waals surface area contributed by atoms with Crippen molar-refractivity contribution in [3.8, 4) is 0 Å². The molecule has 0 bridgehead atoms. The standard InChI is InChI=1S/C19H21N5O2/c1-22-17-5-3-2-4-15(17)16(21-22)13-23-8-10-24(11-9-23)18-7-6-14(12-20-18)19(25)26/h2-7,12H,8-11,13H2,1H3,(H,25,26). The summed E-state index contributed by atoms with van der Waals surface area (Å²) in [7, 11) is 1.98. The topological polar surface area (TPSA) is 74.5 Å². The maximum Gasteiger partial charge on any atom is 0.337 e. The molecule has 1 saturated heterocycles. The highest BCUT2D eigenvalue weighted by atomic mass is 16.4. The molecule has 26 heavy (non-hydrogen) atoms. The Morgan fingerprint density at radius 2 is 1.88 bits per heavy atom. The van der Waals surface area contributed by atoms with Gasteiger partial charge in [0.15, 0.2) is 0 Å². The van der Waals surface area contributed by atoms with Gasteiger partial charge in [0.05, 0.1) is 16.8 Å². The molecular weight excluding hydrogens is 330 g/mol. The van der Waals surface area contributed by atoms with E-state index >= 15 is 0 Å². The van der Waals surface area contributed by atoms with Crippen LogP contribution in [0.2, 0.25) is 0 Å². The number of pyridine rings is 1. The summed E-state index contributed by atoms with van der Waals surface area (Å²) in [5.74, 6) is -0.116. The molecule has 3 aromatic rings. The molecule has 1 fully saturated rings. The molecular formula is C19H21N5O2. The summed E-state index contributed by atoms with van der Waals surface area (Å²) in [5.41, 5.74) is 2.48. The fourth-order valence-electron chi connectivity index (χ4n) is 3.45. The number of hydrogen-bond donors (Lipinski definition) is 1. The zero-order valence-electron chi connectivity index (χ0n) is 14.7. The van der Waals surface area contributed by atoms with Gasteiger partial charge in [0.1, 0.15) is 5.82 Å². The number of carboxylic acid groups (broad SMARTS) is 1. The summed E-state index contributed by atoms with van der Waals surface area (Å²) in [6, 6.07) is 11.7. The average molecular weight is 351 g/mol. The monoisotopic (exact) mass is 351 g/mol. The number of benzene rings is 1. The van der Waals surface area contributed by atoms with Crippen molar-refractivity contribution in [2.75, 3.05) is 31.1 Å². The molecule has 0 atom stereocenters. The summed E-state index contributed by atoms with van der Waals surface area (Å²) in [5, 5.41) is 14.9. The zero-order chi connectivity index (χ0) is 18.1. The van der Waals surface area contributed by atoms with E-state index in [0.717, 1.165) is 49.8 Å². The van der Waals surface area contributed by atoms with E-state index in [2.05, 4.69) is 38.1 Å². The highest BCUT2D eigenvalue weighted by Gasteiger charge is 2.20. The van der Waals surface area contributed by atoms with Gasteiger partial charge in [-0.05, 0) is 18.2 Å². The SMILES string of the molecule is Cn1nc(CN2CCN(c3ccc(C(=O)O)cn3)CC2)c2ccccc21. The highest BCUT2D eigenvalue weighted by molar-refractivity contribution is 5.87. The summed E-state index contributed by atoms with van der Waals surface area (Å²) in [4.78, 5) is 19.8. The van der Waals surface area contributed by atoms with E-state index < -0.39 is 5.97 Å². The molecule has 7 heteroatoms. The molecule has 3 heterocycles. The zero-order valence-corrected chi connectivity index (χ0v) is 14.7. The normalized spacial score (nSPS) is 15.5. The van der Waals surface area contributed by atoms with E-state index in [9.17, 15) is 4.79 Å². The number of aromatic carboxylic acids is 1. The van der Waals surface area contributed by atoms with Crippen molar-refractivity contribution in [1.82, 2.24) is 19.7 Å². The number of hydrogen-bond acceptors (Lipinski definition) is 5. The van der Waals surface area contributed by atoms with E-state index in [4.69, 9.17) is 5.11 Å². The fraction of sp³-hybridized carbons (Fsp3) is 0.316. The Kier molecular flexibility index (Phi) is 4.30. The van der Waals surface area contributed by atoms with Crippen molar-refractivity contribution in [2.45, 2.75) is 6.54 Å². The number of para-hydroxylation sites is 1. The molecule has 134 valence electrons. The van der Waals surface area contributed by atoms with Crippen LogP contribution in [0.15, 0.2) is 42.6 Å². The number of nitrogens with zero attached hydrogens (tertiary/aromatic N) is 5. The molecule has 0 aliphatic carbocycles. The molecule has 0 saturated carbocycles. The van der Waals surface area contributed by atoms with Gasteiger partial charge >= 0.3 is 5.97 Å². The van der Waals surface area contributed by atoms with Crippen LogP contribution in [0.3, 0.4) is 0 Å². The van der Waals surface area contributed by atoms with Gasteiger partial charge < -0.3 is 10.0 Å². The molecule has 2 aromatic heterocycles. The fourth-order valence-corrected chi connectivity index (χ4v) is 3.45. The van der Waals surface area contributed by atoms with Gasteiger partial charge in [0.2, 0.25) is 0 Å². The molecule has 7 nitrogen and oxygen atoms in total. The Hall–Kier alpha value is -2.93. The van der Waals surface area contributed by atoms with E-state index in [1.807, 2.05) is 17.8 Å². The van der Waals surface area contributed by atoms with Gasteiger partial charge in [-0.3, -0.25) is 9.58 Å². The summed E-state index contributed by atoms with van der Waals surface area (Å²) >= 11 is 0. The number of anilines is 1. The minimum Gasteiger partial charge on any atom is -0.478 e. The van der Waals surface area contributed by atoms with Gasteiger partial charge in [-0.2, -0.15) is 5.10 Å². The first-order valence-electron chi connectivity index (χ1n) is 8.69. The average Bonchev–Trinajstić information content (AvgIpc) is 2.98. The molecule has 1 aromatic carbocycles. The van der Waals surface area contributed by atoms with E-state index in [1.165, 1.54) is 11.6 Å². The van der Waals surface area contributed by atoms with Crippen molar-refractivity contribution < 1.29 is 9.90 Å². The second kappa shape index (κ2) is 6.76. The van der Waals surface area contributed by atoms with Crippen LogP contribution in [0.1, 0.15) is 16.1 Å². The molecule has 0 radical (unpaired) electrons. The Labute approximate surface area is 151 Å². The minimum absolute atomic E-state index is 0.217. The van der Waals surface area contributed by atoms with Gasteiger partial charge in [0.25, 0.3) is 0 Å². The number of fused-ring (bicyclic) bond motifs is 1. The first-order chi connectivity index (χ1) is 12.6. The lowest BCUT2D eigenvalue weighted by Gasteiger charge is -2.35. The smallest absolute Gasteiger partial charge is 0.337 e. The second-order valence-corrected chi connectivity index (χ2v) is 6.56. The number of carboxylic acids is 1. The van der Waals surface area contributed by atoms with Crippen LogP contribution < -0.4 is 4.90 Å². The van der Waals surface area contributed by atoms with Crippen LogP contribution in [-0.4, -0.2) is 56.9 Å². The van der Waals surface area contributed by atoms with Crippen LogP contribution >= 0.6 is 0 Å². The third kappa shape index (κ3) is 3.13. The van der Waals surface area contributed by atoms with Crippen molar-refractivity contribution >= 4 is 22.7 Å². The third-order valence-electron chi connectivity index (χ3n) is 4.90. The lowest BCUT2D eigenvalue weighted by molar-refractivity contribution is 0.0696. The lowest BCUT2D eigenvalue weighted by Crippen LogP contribution is -2.46. The molecule has 0 spiro atoms. The van der Waals surface area contributed by atoms with Crippen molar-refractivity contribution in [2.24, 2.45) is 7.05 Å². The maximum atomic E-state index is 10.9. The largest absolute Gasteiger partial charge is 0.478 e. The number of carbonyl (C=O) groups is 1. The number of aromatic nitrogens is 3. The van der Waals surface area contributed by atoms with Gasteiger partial charge in [-0.15, -0.1) is 0 Å². The number of piperazine rings is 1.